The summed E-state index contributed by atoms with van der Waals surface area (Å²) in [5, 5.41) is 65.5. The lowest BCUT2D eigenvalue weighted by atomic mass is 9.94. The molecule has 15 rings (SSSR count). The van der Waals surface area contributed by atoms with Crippen molar-refractivity contribution in [2.45, 2.75) is 60.4 Å². The summed E-state index contributed by atoms with van der Waals surface area (Å²) >= 11 is 0. The molecule has 0 aliphatic heterocycles. The fourth-order valence-electron chi connectivity index (χ4n) is 16.6. The molecule has 0 saturated heterocycles. The molecule has 642 valence electrons. The first kappa shape index (κ1) is 89.1. The zero-order chi connectivity index (χ0) is 89.2. The number of methoxy groups -OCH3 is 10. The topological polar surface area (TPSA) is 254 Å². The molecular formula is C103H107N6O16+3. The molecule has 0 fully saturated rings. The smallest absolute Gasteiger partial charge is 0.213 e. The Labute approximate surface area is 728 Å². The molecule has 0 amide bonds. The molecule has 22 heteroatoms. The van der Waals surface area contributed by atoms with Crippen LogP contribution in [0.25, 0.3) is 133 Å². The summed E-state index contributed by atoms with van der Waals surface area (Å²) in [5.74, 6) is 6.18. The fraction of sp³-hybridized carbons (Fsp3) is 0.233. The van der Waals surface area contributed by atoms with Gasteiger partial charge in [-0.1, -0.05) is 91.0 Å². The molecular weight excluding hydrogens is 1580 g/mol. The zero-order valence-electron chi connectivity index (χ0n) is 73.9. The second-order valence-electron chi connectivity index (χ2n) is 30.3. The van der Waals surface area contributed by atoms with Gasteiger partial charge in [-0.15, -0.1) is 0 Å². The van der Waals surface area contributed by atoms with Gasteiger partial charge in [-0.2, -0.15) is 13.7 Å². The van der Waals surface area contributed by atoms with E-state index in [1.165, 1.54) is 0 Å². The van der Waals surface area contributed by atoms with E-state index in [4.69, 9.17) is 57.3 Å². The Morgan fingerprint density at radius 1 is 0.288 bits per heavy atom. The molecule has 15 aromatic rings. The number of aliphatic hydroxyl groups is 6. The van der Waals surface area contributed by atoms with Crippen LogP contribution in [-0.2, 0) is 60.8 Å². The van der Waals surface area contributed by atoms with Gasteiger partial charge in [0.15, 0.2) is 51.6 Å². The summed E-state index contributed by atoms with van der Waals surface area (Å²) < 4.78 is 63.8. The minimum absolute atomic E-state index is 0.201. The van der Waals surface area contributed by atoms with E-state index < -0.39 is 0 Å². The van der Waals surface area contributed by atoms with Crippen LogP contribution in [0.1, 0.15) is 50.5 Å². The summed E-state index contributed by atoms with van der Waals surface area (Å²) in [4.78, 5) is 11.6. The van der Waals surface area contributed by atoms with E-state index in [-0.39, 0.29) is 39.6 Å². The Kier molecular flexibility index (Phi) is 27.9. The quantitative estimate of drug-likeness (QED) is 0.0276. The normalized spacial score (nSPS) is 11.1. The van der Waals surface area contributed by atoms with Crippen LogP contribution >= 0.6 is 0 Å². The Balaban J connectivity index is 0.000000161. The SMILES string of the molecule is COc1cc(-c2cc3cc(CO)c(CO)c(OC)c3c(C)[n+]2C)cc(-c2ccc(-c3cccc(N(C)C)c3)cc2)c1OC.COc1cc(-c2cc3cc(CO)c(CO)c(OC)c3c(C)[n+]2C)cc(-c2ccc(-c3ccccc3)nc2)c1OC.COc1cccc(-c2ccc(-c3cc(-c4cc5cc(CO)c(CO)c(OC)c5c(C)[n+]4C)cc(OC)c3OC)cn2)c1. The number of aromatic nitrogens is 5. The van der Waals surface area contributed by atoms with Gasteiger partial charge < -0.3 is 82.9 Å². The highest BCUT2D eigenvalue weighted by Gasteiger charge is 2.31. The van der Waals surface area contributed by atoms with Gasteiger partial charge in [0, 0.05) is 127 Å². The van der Waals surface area contributed by atoms with E-state index in [1.807, 2.05) is 184 Å². The van der Waals surface area contributed by atoms with Gasteiger partial charge in [-0.05, 0) is 141 Å². The summed E-state index contributed by atoms with van der Waals surface area (Å²) in [6, 6.07) is 66.9. The van der Waals surface area contributed by atoms with Crippen molar-refractivity contribution in [1.82, 2.24) is 9.97 Å². The first-order chi connectivity index (χ1) is 60.6. The molecule has 0 bridgehead atoms. The molecule has 22 nitrogen and oxygen atoms in total. The van der Waals surface area contributed by atoms with E-state index in [2.05, 4.69) is 104 Å². The Hall–Kier alpha value is -13.7. The van der Waals surface area contributed by atoms with Gasteiger partial charge in [-0.3, -0.25) is 9.97 Å². The number of anilines is 1. The van der Waals surface area contributed by atoms with Crippen molar-refractivity contribution < 1.29 is 91.7 Å². The van der Waals surface area contributed by atoms with Crippen LogP contribution in [0, 0.1) is 20.8 Å². The number of nitrogens with zero attached hydrogens (tertiary/aromatic N) is 6. The van der Waals surface area contributed by atoms with E-state index in [9.17, 15) is 30.6 Å². The second kappa shape index (κ2) is 39.2. The minimum Gasteiger partial charge on any atom is -0.497 e. The largest absolute Gasteiger partial charge is 0.497 e. The summed E-state index contributed by atoms with van der Waals surface area (Å²) in [5.41, 5.74) is 24.6. The average Bonchev–Trinajstić information content (AvgIpc) is 0.753. The number of rotatable bonds is 26. The number of aliphatic hydroxyl groups excluding tert-OH is 6. The molecule has 0 atom stereocenters. The number of pyridine rings is 5. The molecule has 0 aliphatic carbocycles. The van der Waals surface area contributed by atoms with E-state index in [0.717, 1.165) is 162 Å². The van der Waals surface area contributed by atoms with Gasteiger partial charge in [0.1, 0.15) is 44.1 Å². The maximum atomic E-state index is 10.1. The van der Waals surface area contributed by atoms with Crippen LogP contribution in [0.4, 0.5) is 5.69 Å². The van der Waals surface area contributed by atoms with Crippen molar-refractivity contribution in [3.8, 4) is 158 Å². The lowest BCUT2D eigenvalue weighted by Gasteiger charge is -2.18. The predicted octanol–water partition coefficient (Wildman–Crippen LogP) is 16.8. The molecule has 0 radical (unpaired) electrons. The third kappa shape index (κ3) is 17.4. The molecule has 6 N–H and O–H groups in total. The Morgan fingerprint density at radius 2 is 0.632 bits per heavy atom. The molecule has 5 aromatic heterocycles. The maximum absolute atomic E-state index is 10.1. The first-order valence-corrected chi connectivity index (χ1v) is 40.6. The zero-order valence-corrected chi connectivity index (χ0v) is 73.9. The lowest BCUT2D eigenvalue weighted by molar-refractivity contribution is -0.665. The van der Waals surface area contributed by atoms with E-state index in [1.54, 1.807) is 71.1 Å². The summed E-state index contributed by atoms with van der Waals surface area (Å²) in [7, 11) is 26.3. The standard InChI is InChI=1S/C36H39N2O5.C34H35N2O6.C33H33N2O5/c1-22-34-27(15-28(20-39)31(21-40)36(34)43-7)18-32(38(22)4)26-17-30(35(42-6)33(19-26)41-5)24-13-11-23(12-14-24)25-9-8-10-29(16-25)37(2)3;1-20-32-24(12-25(18-37)28(19-38)34(32)42-6)15-30(36(20)2)23-14-27(33(41-5)31(16-23)40-4)22-10-11-29(35-17-22)21-8-7-9-26(13-21)39-3;1-20-31-24(13-25(18-36)27(19-37)33(31)40-5)15-29(35(20)2)23-14-26(32(39-4)30(16-23)38-3)22-11-12-28(34-17-22)21-9-7-6-8-10-21/h8-19,39-40H,20-21H2,1-7H3;7-17,37-38H,18-19H2,1-6H3;6-17,36-37H,18-19H2,1-5H3/q3*+1. The van der Waals surface area contributed by atoms with Crippen LogP contribution in [0.2, 0.25) is 0 Å². The highest BCUT2D eigenvalue weighted by atomic mass is 16.5. The lowest BCUT2D eigenvalue weighted by Crippen LogP contribution is -2.35. The molecule has 0 saturated carbocycles. The van der Waals surface area contributed by atoms with Gasteiger partial charge in [-0.25, -0.2) is 0 Å². The molecule has 10 aromatic carbocycles. The van der Waals surface area contributed by atoms with Crippen molar-refractivity contribution in [3.63, 3.8) is 0 Å². The average molecular weight is 1690 g/mol. The molecule has 0 unspecified atom stereocenters. The fourth-order valence-corrected chi connectivity index (χ4v) is 16.6. The van der Waals surface area contributed by atoms with Crippen molar-refractivity contribution in [2.75, 3.05) is 90.1 Å². The van der Waals surface area contributed by atoms with E-state index >= 15 is 0 Å². The van der Waals surface area contributed by atoms with Gasteiger partial charge in [0.25, 0.3) is 0 Å². The summed E-state index contributed by atoms with van der Waals surface area (Å²) in [6.45, 7) is 4.76. The van der Waals surface area contributed by atoms with Crippen molar-refractivity contribution in [3.05, 3.63) is 263 Å². The first-order valence-electron chi connectivity index (χ1n) is 40.6. The summed E-state index contributed by atoms with van der Waals surface area (Å²) in [6.07, 6.45) is 3.68. The number of hydrogen-bond acceptors (Lipinski definition) is 19. The van der Waals surface area contributed by atoms with Gasteiger partial charge in [0.05, 0.1) is 155 Å². The maximum Gasteiger partial charge on any atom is 0.213 e. The Morgan fingerprint density at radius 3 is 0.968 bits per heavy atom. The van der Waals surface area contributed by atoms with Crippen LogP contribution < -0.4 is 66.0 Å². The Bertz CT molecular complexity index is 6480. The third-order valence-corrected chi connectivity index (χ3v) is 23.5. The van der Waals surface area contributed by atoms with Crippen LogP contribution in [0.5, 0.6) is 57.5 Å². The highest BCUT2D eigenvalue weighted by Crippen LogP contribution is 2.48. The van der Waals surface area contributed by atoms with Gasteiger partial charge >= 0.3 is 0 Å². The van der Waals surface area contributed by atoms with Crippen molar-refractivity contribution in [2.24, 2.45) is 21.1 Å². The molecule has 5 heterocycles. The minimum atomic E-state index is -0.233. The van der Waals surface area contributed by atoms with Gasteiger partial charge in [0.2, 0.25) is 17.1 Å². The van der Waals surface area contributed by atoms with Crippen molar-refractivity contribution in [1.29, 1.82) is 0 Å². The predicted molar refractivity (Wildman–Crippen MR) is 489 cm³/mol. The van der Waals surface area contributed by atoms with Crippen LogP contribution in [0.15, 0.2) is 213 Å². The number of fused-ring (bicyclic) bond motifs is 3. The number of benzene rings is 10. The van der Waals surface area contributed by atoms with E-state index in [0.29, 0.717) is 85.1 Å². The highest BCUT2D eigenvalue weighted by molar-refractivity contribution is 5.97. The van der Waals surface area contributed by atoms with Crippen LogP contribution in [-0.4, -0.2) is 126 Å². The molecule has 125 heavy (non-hydrogen) atoms. The monoisotopic (exact) mass is 1680 g/mol. The molecule has 0 spiro atoms. The number of hydrogen-bond donors (Lipinski definition) is 6. The van der Waals surface area contributed by atoms with Crippen molar-refractivity contribution >= 4 is 38.0 Å². The molecule has 0 aliphatic rings. The second-order valence-corrected chi connectivity index (χ2v) is 30.3. The number of aryl methyl sites for hydroxylation is 3. The third-order valence-electron chi connectivity index (χ3n) is 23.5. The van der Waals surface area contributed by atoms with Crippen LogP contribution in [0.3, 0.4) is 0 Å². The number of ether oxygens (including phenoxy) is 10.